The molecule has 5 nitrogen and oxygen atoms in total. The van der Waals surface area contributed by atoms with Crippen LogP contribution in [0.3, 0.4) is 0 Å². The normalized spacial score (nSPS) is 20.4. The molecule has 1 aliphatic carbocycles. The molecule has 1 heterocycles. The van der Waals surface area contributed by atoms with Gasteiger partial charge in [0.2, 0.25) is 0 Å². The van der Waals surface area contributed by atoms with E-state index in [2.05, 4.69) is 4.99 Å². The van der Waals surface area contributed by atoms with Crippen LogP contribution in [0, 0.1) is 5.92 Å². The predicted molar refractivity (Wildman–Crippen MR) is 107 cm³/mol. The number of allylic oxidation sites excluding steroid dienone is 1. The molecule has 2 aromatic rings. The second-order valence-corrected chi connectivity index (χ2v) is 6.84. The Hall–Kier alpha value is -3.21. The molecule has 28 heavy (non-hydrogen) atoms. The molecule has 0 bridgehead atoms. The van der Waals surface area contributed by atoms with Crippen LogP contribution < -0.4 is 4.74 Å². The number of hydrogen-bond donors (Lipinski definition) is 0. The summed E-state index contributed by atoms with van der Waals surface area (Å²) in [5.41, 5.74) is 4.03. The van der Waals surface area contributed by atoms with E-state index < -0.39 is 11.8 Å². The number of Topliss-reactive ketones (excluding diaryl/α,β-unsaturated/α-hetero) is 1. The van der Waals surface area contributed by atoms with Crippen LogP contribution >= 0.6 is 0 Å². The van der Waals surface area contributed by atoms with Crippen LogP contribution in [0.25, 0.3) is 5.70 Å². The van der Waals surface area contributed by atoms with Crippen molar-refractivity contribution in [2.45, 2.75) is 19.8 Å². The minimum atomic E-state index is -0.673. The van der Waals surface area contributed by atoms with E-state index in [1.54, 1.807) is 20.1 Å². The molecule has 2 aromatic carbocycles. The smallest absolute Gasteiger partial charge is 0.315 e. The van der Waals surface area contributed by atoms with Crippen molar-refractivity contribution in [2.24, 2.45) is 10.9 Å². The van der Waals surface area contributed by atoms with Crippen molar-refractivity contribution in [3.8, 4) is 5.75 Å². The summed E-state index contributed by atoms with van der Waals surface area (Å²) in [7, 11) is 1.59. The number of ether oxygens (including phenoxy) is 2. The Morgan fingerprint density at radius 3 is 2.46 bits per heavy atom. The van der Waals surface area contributed by atoms with Crippen molar-refractivity contribution in [1.82, 2.24) is 0 Å². The Bertz CT molecular complexity index is 1030. The van der Waals surface area contributed by atoms with Gasteiger partial charge in [-0.1, -0.05) is 42.5 Å². The maximum atomic E-state index is 13.3. The van der Waals surface area contributed by atoms with E-state index in [0.717, 1.165) is 11.1 Å². The fraction of sp³-hybridized carbons (Fsp3) is 0.261. The third kappa shape index (κ3) is 2.66. The van der Waals surface area contributed by atoms with Crippen LogP contribution in [0.5, 0.6) is 5.75 Å². The van der Waals surface area contributed by atoms with Crippen molar-refractivity contribution >= 4 is 23.2 Å². The van der Waals surface area contributed by atoms with Gasteiger partial charge in [-0.25, -0.2) is 0 Å². The zero-order valence-electron chi connectivity index (χ0n) is 16.1. The first-order chi connectivity index (χ1) is 13.6. The van der Waals surface area contributed by atoms with Gasteiger partial charge in [0.15, 0.2) is 5.78 Å². The van der Waals surface area contributed by atoms with E-state index >= 15 is 0 Å². The maximum absolute atomic E-state index is 13.3. The Labute approximate surface area is 163 Å². The van der Waals surface area contributed by atoms with Gasteiger partial charge < -0.3 is 9.47 Å². The summed E-state index contributed by atoms with van der Waals surface area (Å²) in [4.78, 5) is 30.9. The standard InChI is InChI=1S/C23H21NO4/c1-4-28-23(26)18-13(2)24-21-14-9-5-6-10-15(14)22(25)20(21)19(18)16-11-7-8-12-17(16)27-3/h5-12,18-19H,4H2,1-3H3/t18?,19-/m0/s1. The molecule has 0 fully saturated rings. The quantitative estimate of drug-likeness (QED) is 0.757. The number of fused-ring (bicyclic) bond motifs is 2. The highest BCUT2D eigenvalue weighted by molar-refractivity contribution is 6.24. The summed E-state index contributed by atoms with van der Waals surface area (Å²) < 4.78 is 10.9. The molecular weight excluding hydrogens is 354 g/mol. The highest BCUT2D eigenvalue weighted by atomic mass is 16.5. The summed E-state index contributed by atoms with van der Waals surface area (Å²) in [5, 5.41) is 0. The molecule has 1 unspecified atom stereocenters. The monoisotopic (exact) mass is 375 g/mol. The van der Waals surface area contributed by atoms with Gasteiger partial charge in [0.05, 0.1) is 19.4 Å². The van der Waals surface area contributed by atoms with Gasteiger partial charge in [0.1, 0.15) is 11.7 Å². The Morgan fingerprint density at radius 2 is 1.75 bits per heavy atom. The lowest BCUT2D eigenvalue weighted by molar-refractivity contribution is -0.146. The fourth-order valence-electron chi connectivity index (χ4n) is 4.15. The van der Waals surface area contributed by atoms with Crippen LogP contribution in [0.4, 0.5) is 0 Å². The van der Waals surface area contributed by atoms with E-state index in [1.165, 1.54) is 0 Å². The summed E-state index contributed by atoms with van der Waals surface area (Å²) in [5.74, 6) is -1.02. The molecule has 0 radical (unpaired) electrons. The van der Waals surface area contributed by atoms with Gasteiger partial charge in [-0.3, -0.25) is 14.6 Å². The molecule has 0 aromatic heterocycles. The number of nitrogens with zero attached hydrogens (tertiary/aromatic N) is 1. The number of methoxy groups -OCH3 is 1. The molecular formula is C23H21NO4. The molecule has 142 valence electrons. The maximum Gasteiger partial charge on any atom is 0.315 e. The number of carbonyl (C=O) groups is 2. The Balaban J connectivity index is 1.96. The van der Waals surface area contributed by atoms with Gasteiger partial charge in [-0.05, 0) is 19.9 Å². The van der Waals surface area contributed by atoms with Gasteiger partial charge in [-0.2, -0.15) is 0 Å². The molecule has 0 saturated heterocycles. The number of hydrogen-bond acceptors (Lipinski definition) is 5. The minimum absolute atomic E-state index is 0.0907. The molecule has 2 aliphatic rings. The van der Waals surface area contributed by atoms with E-state index in [1.807, 2.05) is 49.4 Å². The van der Waals surface area contributed by atoms with E-state index in [-0.39, 0.29) is 18.4 Å². The number of esters is 1. The molecule has 0 spiro atoms. The lowest BCUT2D eigenvalue weighted by Gasteiger charge is -2.31. The van der Waals surface area contributed by atoms with Crippen molar-refractivity contribution in [1.29, 1.82) is 0 Å². The van der Waals surface area contributed by atoms with E-state index in [4.69, 9.17) is 9.47 Å². The third-order valence-corrected chi connectivity index (χ3v) is 5.32. The second kappa shape index (κ2) is 7.08. The van der Waals surface area contributed by atoms with Crippen molar-refractivity contribution in [3.63, 3.8) is 0 Å². The molecule has 4 rings (SSSR count). The number of rotatable bonds is 4. The highest BCUT2D eigenvalue weighted by Crippen LogP contribution is 2.49. The zero-order chi connectivity index (χ0) is 19.8. The number of ketones is 1. The highest BCUT2D eigenvalue weighted by Gasteiger charge is 2.46. The van der Waals surface area contributed by atoms with Crippen molar-refractivity contribution in [3.05, 3.63) is 70.8 Å². The average Bonchev–Trinajstić information content (AvgIpc) is 2.99. The molecule has 5 heteroatoms. The largest absolute Gasteiger partial charge is 0.496 e. The Morgan fingerprint density at radius 1 is 1.07 bits per heavy atom. The van der Waals surface area contributed by atoms with Crippen LogP contribution in [-0.4, -0.2) is 31.2 Å². The topological polar surface area (TPSA) is 65.0 Å². The first-order valence-corrected chi connectivity index (χ1v) is 9.31. The molecule has 1 aliphatic heterocycles. The van der Waals surface area contributed by atoms with Gasteiger partial charge in [0, 0.05) is 33.9 Å². The number of benzene rings is 2. The summed E-state index contributed by atoms with van der Waals surface area (Å²) in [6.07, 6.45) is 0. The molecule has 0 N–H and O–H groups in total. The second-order valence-electron chi connectivity index (χ2n) is 6.84. The first-order valence-electron chi connectivity index (χ1n) is 9.31. The summed E-state index contributed by atoms with van der Waals surface area (Å²) in [6, 6.07) is 14.9. The van der Waals surface area contributed by atoms with E-state index in [0.29, 0.717) is 28.3 Å². The van der Waals surface area contributed by atoms with Gasteiger partial charge >= 0.3 is 5.97 Å². The number of para-hydroxylation sites is 1. The number of aliphatic imine (C=N–C) groups is 1. The van der Waals surface area contributed by atoms with Crippen LogP contribution in [-0.2, 0) is 9.53 Å². The lowest BCUT2D eigenvalue weighted by atomic mass is 9.75. The van der Waals surface area contributed by atoms with Crippen molar-refractivity contribution in [2.75, 3.05) is 13.7 Å². The molecule has 0 saturated carbocycles. The zero-order valence-corrected chi connectivity index (χ0v) is 16.1. The van der Waals surface area contributed by atoms with E-state index in [9.17, 15) is 9.59 Å². The van der Waals surface area contributed by atoms with Crippen molar-refractivity contribution < 1.29 is 19.1 Å². The van der Waals surface area contributed by atoms with Gasteiger partial charge in [-0.15, -0.1) is 0 Å². The van der Waals surface area contributed by atoms with Gasteiger partial charge in [0.25, 0.3) is 0 Å². The first kappa shape index (κ1) is 18.2. The Kier molecular flexibility index (Phi) is 4.59. The predicted octanol–water partition coefficient (Wildman–Crippen LogP) is 4.04. The fourth-order valence-corrected chi connectivity index (χ4v) is 4.15. The minimum Gasteiger partial charge on any atom is -0.496 e. The third-order valence-electron chi connectivity index (χ3n) is 5.32. The number of carbonyl (C=O) groups excluding carboxylic acids is 2. The average molecular weight is 375 g/mol. The molecule has 2 atom stereocenters. The molecule has 0 amide bonds. The van der Waals surface area contributed by atoms with Crippen LogP contribution in [0.2, 0.25) is 0 Å². The van der Waals surface area contributed by atoms with Crippen LogP contribution in [0.15, 0.2) is 59.1 Å². The lowest BCUT2D eigenvalue weighted by Crippen LogP contribution is -2.35. The SMILES string of the molecule is CCOC(=O)C1C(C)=NC2=C(C(=O)c3ccccc32)[C@H]1c1ccccc1OC. The summed E-state index contributed by atoms with van der Waals surface area (Å²) >= 11 is 0. The van der Waals surface area contributed by atoms with Crippen LogP contribution in [0.1, 0.15) is 41.3 Å². The summed E-state index contributed by atoms with van der Waals surface area (Å²) in [6.45, 7) is 3.85.